The van der Waals surface area contributed by atoms with Crippen LogP contribution in [0.25, 0.3) is 0 Å². The van der Waals surface area contributed by atoms with Gasteiger partial charge in [-0.05, 0) is 18.3 Å². The first kappa shape index (κ1) is 18.6. The fraction of sp³-hybridized carbons (Fsp3) is 0.857. The lowest BCUT2D eigenvalue weighted by atomic mass is 9.73. The van der Waals surface area contributed by atoms with Gasteiger partial charge in [0, 0.05) is 26.1 Å². The Balaban J connectivity index is 2.45. The van der Waals surface area contributed by atoms with Crippen molar-refractivity contribution in [3.63, 3.8) is 0 Å². The molecule has 0 spiro atoms. The summed E-state index contributed by atoms with van der Waals surface area (Å²) >= 11 is 0. The van der Waals surface area contributed by atoms with Crippen molar-refractivity contribution in [2.75, 3.05) is 26.7 Å². The van der Waals surface area contributed by atoms with E-state index in [1.807, 2.05) is 0 Å². The van der Waals surface area contributed by atoms with Crippen molar-refractivity contribution >= 4 is 12.0 Å². The minimum Gasteiger partial charge on any atom is -0.469 e. The maximum atomic E-state index is 13.0. The third kappa shape index (κ3) is 5.06. The van der Waals surface area contributed by atoms with E-state index >= 15 is 0 Å². The molecule has 1 heterocycles. The van der Waals surface area contributed by atoms with E-state index in [4.69, 9.17) is 0 Å². The summed E-state index contributed by atoms with van der Waals surface area (Å²) in [6.45, 7) is 3.48. The normalized spacial score (nSPS) is 21.4. The maximum absolute atomic E-state index is 13.0. The molecule has 1 saturated heterocycles. The van der Waals surface area contributed by atoms with Gasteiger partial charge in [0.2, 0.25) is 0 Å². The molecule has 1 N–H and O–H groups in total. The van der Waals surface area contributed by atoms with Gasteiger partial charge in [0.1, 0.15) is 0 Å². The van der Waals surface area contributed by atoms with Gasteiger partial charge in [0.05, 0.1) is 13.0 Å². The summed E-state index contributed by atoms with van der Waals surface area (Å²) in [5.41, 5.74) is -1.01. The monoisotopic (exact) mass is 324 g/mol. The van der Waals surface area contributed by atoms with Crippen molar-refractivity contribution in [2.24, 2.45) is 11.3 Å². The van der Waals surface area contributed by atoms with E-state index in [0.717, 1.165) is 0 Å². The Morgan fingerprint density at radius 3 is 2.50 bits per heavy atom. The molecule has 0 aromatic heterocycles. The molecule has 0 unspecified atom stereocenters. The number of urea groups is 1. The highest BCUT2D eigenvalue weighted by molar-refractivity contribution is 5.74. The number of hydrogen-bond acceptors (Lipinski definition) is 3. The lowest BCUT2D eigenvalue weighted by Crippen LogP contribution is -2.54. The predicted octanol–water partition coefficient (Wildman–Crippen LogP) is 2.56. The van der Waals surface area contributed by atoms with Gasteiger partial charge in [-0.1, -0.05) is 13.8 Å². The molecule has 22 heavy (non-hydrogen) atoms. The van der Waals surface area contributed by atoms with Crippen LogP contribution in [0.15, 0.2) is 0 Å². The molecule has 0 saturated carbocycles. The zero-order valence-electron chi connectivity index (χ0n) is 13.1. The zero-order chi connectivity index (χ0) is 17.0. The minimum absolute atomic E-state index is 0.0556. The predicted molar refractivity (Wildman–Crippen MR) is 74.2 cm³/mol. The number of likely N-dealkylation sites (tertiary alicyclic amines) is 1. The molecule has 8 heteroatoms. The number of amides is 2. The number of alkyl halides is 3. The molecule has 0 aliphatic carbocycles. The van der Waals surface area contributed by atoms with Crippen molar-refractivity contribution in [1.29, 1.82) is 0 Å². The summed E-state index contributed by atoms with van der Waals surface area (Å²) in [7, 11) is 1.29. The van der Waals surface area contributed by atoms with Gasteiger partial charge in [0.15, 0.2) is 0 Å². The molecule has 1 fully saturated rings. The Labute approximate surface area is 128 Å². The van der Waals surface area contributed by atoms with Crippen LogP contribution in [0.1, 0.15) is 33.1 Å². The van der Waals surface area contributed by atoms with E-state index in [-0.39, 0.29) is 38.4 Å². The van der Waals surface area contributed by atoms with Crippen molar-refractivity contribution in [3.8, 4) is 0 Å². The molecule has 0 aromatic carbocycles. The smallest absolute Gasteiger partial charge is 0.392 e. The third-order valence-corrected chi connectivity index (χ3v) is 3.97. The van der Waals surface area contributed by atoms with E-state index in [1.165, 1.54) is 25.9 Å². The van der Waals surface area contributed by atoms with E-state index in [2.05, 4.69) is 10.1 Å². The molecule has 0 aromatic rings. The number of halogens is 3. The first-order valence-corrected chi connectivity index (χ1v) is 7.24. The van der Waals surface area contributed by atoms with Crippen molar-refractivity contribution in [1.82, 2.24) is 10.2 Å². The van der Waals surface area contributed by atoms with Crippen LogP contribution in [0, 0.1) is 11.3 Å². The highest BCUT2D eigenvalue weighted by Crippen LogP contribution is 2.44. The summed E-state index contributed by atoms with van der Waals surface area (Å²) in [5, 5.41) is 2.62. The molecule has 1 rings (SSSR count). The largest absolute Gasteiger partial charge is 0.469 e. The van der Waals surface area contributed by atoms with Crippen LogP contribution in [0.2, 0.25) is 0 Å². The lowest BCUT2D eigenvalue weighted by Gasteiger charge is -2.44. The van der Waals surface area contributed by atoms with Crippen LogP contribution in [-0.4, -0.2) is 49.8 Å². The van der Waals surface area contributed by atoms with Gasteiger partial charge in [0.25, 0.3) is 0 Å². The average molecular weight is 324 g/mol. The van der Waals surface area contributed by atoms with Crippen molar-refractivity contribution in [2.45, 2.75) is 39.3 Å². The van der Waals surface area contributed by atoms with Crippen molar-refractivity contribution < 1.29 is 27.5 Å². The summed E-state index contributed by atoms with van der Waals surface area (Å²) in [6, 6.07) is -0.390. The molecular formula is C14H23F3N2O3. The first-order chi connectivity index (χ1) is 10.1. The van der Waals surface area contributed by atoms with Gasteiger partial charge in [-0.3, -0.25) is 4.79 Å². The number of nitrogens with one attached hydrogen (secondary N) is 1. The fourth-order valence-electron chi connectivity index (χ4n) is 2.78. The summed E-state index contributed by atoms with van der Waals surface area (Å²) in [6.07, 6.45) is -3.71. The average Bonchev–Trinajstić information content (AvgIpc) is 2.40. The quantitative estimate of drug-likeness (QED) is 0.639. The molecule has 0 bridgehead atoms. The Kier molecular flexibility index (Phi) is 6.08. The van der Waals surface area contributed by atoms with Gasteiger partial charge in [-0.25, -0.2) is 4.79 Å². The number of piperidine rings is 1. The second-order valence-electron chi connectivity index (χ2n) is 6.20. The molecule has 128 valence electrons. The number of rotatable bonds is 4. The molecule has 1 aliphatic heterocycles. The highest BCUT2D eigenvalue weighted by atomic mass is 19.4. The number of esters is 1. The number of hydrogen-bond donors (Lipinski definition) is 1. The van der Waals surface area contributed by atoms with Crippen LogP contribution < -0.4 is 5.32 Å². The van der Waals surface area contributed by atoms with E-state index < -0.39 is 23.5 Å². The van der Waals surface area contributed by atoms with E-state index in [0.29, 0.717) is 6.42 Å². The topological polar surface area (TPSA) is 58.6 Å². The molecule has 1 atom stereocenters. The van der Waals surface area contributed by atoms with E-state index in [1.54, 1.807) is 0 Å². The van der Waals surface area contributed by atoms with Gasteiger partial charge in [-0.15, -0.1) is 0 Å². The van der Waals surface area contributed by atoms with Crippen LogP contribution >= 0.6 is 0 Å². The van der Waals surface area contributed by atoms with E-state index in [9.17, 15) is 22.8 Å². The number of methoxy groups -OCH3 is 1. The molecule has 2 amide bonds. The van der Waals surface area contributed by atoms with Crippen LogP contribution in [0.4, 0.5) is 18.0 Å². The Morgan fingerprint density at radius 1 is 1.36 bits per heavy atom. The number of carbonyl (C=O) groups is 2. The Bertz CT molecular complexity index is 411. The minimum atomic E-state index is -4.24. The van der Waals surface area contributed by atoms with Gasteiger partial charge < -0.3 is 15.0 Å². The summed E-state index contributed by atoms with van der Waals surface area (Å²) in [5.74, 6) is -1.76. The van der Waals surface area contributed by atoms with Crippen LogP contribution in [-0.2, 0) is 9.53 Å². The fourth-order valence-corrected chi connectivity index (χ4v) is 2.78. The summed E-state index contributed by atoms with van der Waals surface area (Å²) < 4.78 is 43.4. The first-order valence-electron chi connectivity index (χ1n) is 7.24. The molecule has 5 nitrogen and oxygen atoms in total. The highest BCUT2D eigenvalue weighted by Gasteiger charge is 2.51. The van der Waals surface area contributed by atoms with Gasteiger partial charge in [-0.2, -0.15) is 13.2 Å². The third-order valence-electron chi connectivity index (χ3n) is 3.97. The lowest BCUT2D eigenvalue weighted by molar-refractivity contribution is -0.214. The second kappa shape index (κ2) is 7.19. The summed E-state index contributed by atoms with van der Waals surface area (Å²) in [4.78, 5) is 24.3. The SMILES string of the molecule is COC(=O)CCCNC(=O)N1CC[C@H](C(F)(F)F)C(C)(C)C1. The molecular weight excluding hydrogens is 301 g/mol. The number of carbonyl (C=O) groups excluding carboxylic acids is 2. The van der Waals surface area contributed by atoms with Crippen molar-refractivity contribution in [3.05, 3.63) is 0 Å². The number of ether oxygens (including phenoxy) is 1. The van der Waals surface area contributed by atoms with Crippen LogP contribution in [0.5, 0.6) is 0 Å². The molecule has 1 aliphatic rings. The Hall–Kier alpha value is -1.47. The van der Waals surface area contributed by atoms with Gasteiger partial charge >= 0.3 is 18.2 Å². The maximum Gasteiger partial charge on any atom is 0.392 e. The number of nitrogens with zero attached hydrogens (tertiary/aromatic N) is 1. The Morgan fingerprint density at radius 2 is 2.00 bits per heavy atom. The molecule has 0 radical (unpaired) electrons. The standard InChI is InChI=1S/C14H23F3N2O3/c1-13(2)9-19(8-6-10(13)14(15,16)17)12(21)18-7-4-5-11(20)22-3/h10H,4-9H2,1-3H3,(H,18,21)/t10-/m0/s1. The second-order valence-corrected chi connectivity index (χ2v) is 6.20. The van der Waals surface area contributed by atoms with Crippen LogP contribution in [0.3, 0.4) is 0 Å². The zero-order valence-corrected chi connectivity index (χ0v) is 13.1.